The summed E-state index contributed by atoms with van der Waals surface area (Å²) < 4.78 is 0.990. The number of hydrogen-bond donors (Lipinski definition) is 1. The van der Waals surface area contributed by atoms with Crippen molar-refractivity contribution < 1.29 is 4.79 Å². The van der Waals surface area contributed by atoms with E-state index in [-0.39, 0.29) is 11.3 Å². The largest absolute Gasteiger partial charge is 0.355 e. The molecule has 0 bridgehead atoms. The molecule has 3 rings (SSSR count). The van der Waals surface area contributed by atoms with E-state index in [1.165, 1.54) is 5.56 Å². The van der Waals surface area contributed by atoms with E-state index in [9.17, 15) is 4.79 Å². The van der Waals surface area contributed by atoms with E-state index in [1.54, 1.807) is 0 Å². The highest BCUT2D eigenvalue weighted by Gasteiger charge is 2.44. The maximum atomic E-state index is 12.1. The van der Waals surface area contributed by atoms with Crippen LogP contribution in [0.1, 0.15) is 24.0 Å². The van der Waals surface area contributed by atoms with Crippen molar-refractivity contribution in [2.75, 3.05) is 6.54 Å². The number of halogens is 1. The first-order valence-corrected chi connectivity index (χ1v) is 8.05. The molecule has 0 spiro atoms. The molecule has 2 nitrogen and oxygen atoms in total. The number of carbonyl (C=O) groups excluding carboxylic acids is 1. The molecule has 0 heterocycles. The lowest BCUT2D eigenvalue weighted by atomic mass is 9.96. The Bertz CT molecular complexity index is 635. The highest BCUT2D eigenvalue weighted by Crippen LogP contribution is 2.47. The van der Waals surface area contributed by atoms with Crippen molar-refractivity contribution in [2.24, 2.45) is 0 Å². The monoisotopic (exact) mass is 343 g/mol. The van der Waals surface area contributed by atoms with Crippen LogP contribution in [0.15, 0.2) is 59.1 Å². The van der Waals surface area contributed by atoms with Gasteiger partial charge in [0.25, 0.3) is 0 Å². The van der Waals surface area contributed by atoms with Gasteiger partial charge in [0.05, 0.1) is 6.42 Å². The SMILES string of the molecule is O=C(Cc1ccccc1Br)NCC1(c2ccccc2)CC1. The fourth-order valence-electron chi connectivity index (χ4n) is 2.66. The molecule has 0 aromatic heterocycles. The minimum absolute atomic E-state index is 0.0871. The second kappa shape index (κ2) is 6.02. The van der Waals surface area contributed by atoms with E-state index in [2.05, 4.69) is 45.5 Å². The molecule has 1 fully saturated rings. The molecule has 0 saturated heterocycles. The van der Waals surface area contributed by atoms with Crippen LogP contribution < -0.4 is 5.32 Å². The van der Waals surface area contributed by atoms with Gasteiger partial charge in [-0.2, -0.15) is 0 Å². The number of carbonyl (C=O) groups is 1. The van der Waals surface area contributed by atoms with Gasteiger partial charge in [-0.3, -0.25) is 4.79 Å². The van der Waals surface area contributed by atoms with Crippen molar-refractivity contribution in [3.8, 4) is 0 Å². The van der Waals surface area contributed by atoms with Crippen molar-refractivity contribution in [2.45, 2.75) is 24.7 Å². The highest BCUT2D eigenvalue weighted by atomic mass is 79.9. The summed E-state index contributed by atoms with van der Waals surface area (Å²) in [6.45, 7) is 0.736. The average molecular weight is 344 g/mol. The molecular formula is C18H18BrNO. The number of nitrogens with one attached hydrogen (secondary N) is 1. The summed E-state index contributed by atoms with van der Waals surface area (Å²) in [5, 5.41) is 3.10. The highest BCUT2D eigenvalue weighted by molar-refractivity contribution is 9.10. The lowest BCUT2D eigenvalue weighted by Crippen LogP contribution is -2.33. The normalized spacial score (nSPS) is 15.5. The summed E-state index contributed by atoms with van der Waals surface area (Å²) in [5.41, 5.74) is 2.54. The minimum atomic E-state index is 0.0871. The predicted octanol–water partition coefficient (Wildman–Crippen LogP) is 3.84. The molecule has 0 unspecified atom stereocenters. The fourth-order valence-corrected chi connectivity index (χ4v) is 3.08. The van der Waals surface area contributed by atoms with E-state index in [1.807, 2.05) is 30.3 Å². The van der Waals surface area contributed by atoms with Crippen LogP contribution in [0, 0.1) is 0 Å². The summed E-state index contributed by atoms with van der Waals surface area (Å²) in [6.07, 6.45) is 2.74. The van der Waals surface area contributed by atoms with Crippen LogP contribution in [0.2, 0.25) is 0 Å². The van der Waals surface area contributed by atoms with Crippen molar-refractivity contribution in [3.63, 3.8) is 0 Å². The van der Waals surface area contributed by atoms with Crippen molar-refractivity contribution in [1.29, 1.82) is 0 Å². The Kier molecular flexibility index (Phi) is 4.11. The summed E-state index contributed by atoms with van der Waals surface area (Å²) in [6, 6.07) is 18.4. The quantitative estimate of drug-likeness (QED) is 0.877. The van der Waals surface area contributed by atoms with E-state index < -0.39 is 0 Å². The van der Waals surface area contributed by atoms with Crippen LogP contribution in [-0.4, -0.2) is 12.5 Å². The molecule has 2 aromatic carbocycles. The van der Waals surface area contributed by atoms with Crippen molar-refractivity contribution in [1.82, 2.24) is 5.32 Å². The average Bonchev–Trinajstić information content (AvgIpc) is 3.30. The molecule has 1 amide bonds. The van der Waals surface area contributed by atoms with Crippen LogP contribution in [0.4, 0.5) is 0 Å². The molecule has 3 heteroatoms. The molecule has 0 aliphatic heterocycles. The topological polar surface area (TPSA) is 29.1 Å². The second-order valence-corrected chi connectivity index (χ2v) is 6.55. The van der Waals surface area contributed by atoms with E-state index >= 15 is 0 Å². The van der Waals surface area contributed by atoms with Gasteiger partial charge in [-0.25, -0.2) is 0 Å². The zero-order valence-corrected chi connectivity index (χ0v) is 13.4. The molecule has 1 aliphatic carbocycles. The molecule has 0 atom stereocenters. The third-order valence-electron chi connectivity index (χ3n) is 4.17. The first kappa shape index (κ1) is 14.3. The van der Waals surface area contributed by atoms with Gasteiger partial charge in [0.15, 0.2) is 0 Å². The summed E-state index contributed by atoms with van der Waals surface area (Å²) in [5.74, 6) is 0.0871. The third-order valence-corrected chi connectivity index (χ3v) is 4.95. The van der Waals surface area contributed by atoms with E-state index in [4.69, 9.17) is 0 Å². The lowest BCUT2D eigenvalue weighted by Gasteiger charge is -2.16. The smallest absolute Gasteiger partial charge is 0.224 e. The lowest BCUT2D eigenvalue weighted by molar-refractivity contribution is -0.120. The van der Waals surface area contributed by atoms with Crippen LogP contribution in [0.3, 0.4) is 0 Å². The molecule has 1 aliphatic rings. The summed E-state index contributed by atoms with van der Waals surface area (Å²) in [4.78, 5) is 12.1. The van der Waals surface area contributed by atoms with Crippen LogP contribution in [0.25, 0.3) is 0 Å². The Morgan fingerprint density at radius 2 is 1.71 bits per heavy atom. The van der Waals surface area contributed by atoms with Gasteiger partial charge in [0.1, 0.15) is 0 Å². The fraction of sp³-hybridized carbons (Fsp3) is 0.278. The Morgan fingerprint density at radius 1 is 1.05 bits per heavy atom. The number of benzene rings is 2. The number of hydrogen-bond acceptors (Lipinski definition) is 1. The maximum absolute atomic E-state index is 12.1. The number of amides is 1. The maximum Gasteiger partial charge on any atom is 0.224 e. The zero-order chi connectivity index (χ0) is 14.7. The van der Waals surface area contributed by atoms with Gasteiger partial charge < -0.3 is 5.32 Å². The first-order valence-electron chi connectivity index (χ1n) is 7.25. The molecular weight excluding hydrogens is 326 g/mol. The number of rotatable bonds is 5. The molecule has 1 N–H and O–H groups in total. The van der Waals surface area contributed by atoms with Gasteiger partial charge >= 0.3 is 0 Å². The Hall–Kier alpha value is -1.61. The van der Waals surface area contributed by atoms with Crippen LogP contribution >= 0.6 is 15.9 Å². The molecule has 1 saturated carbocycles. The molecule has 108 valence electrons. The standard InChI is InChI=1S/C18H18BrNO/c19-16-9-5-4-6-14(16)12-17(21)20-13-18(10-11-18)15-7-2-1-3-8-15/h1-9H,10-13H2,(H,20,21). The van der Waals surface area contributed by atoms with Crippen molar-refractivity contribution >= 4 is 21.8 Å². The predicted molar refractivity (Wildman–Crippen MR) is 88.2 cm³/mol. The van der Waals surface area contributed by atoms with E-state index in [0.717, 1.165) is 29.4 Å². The summed E-state index contributed by atoms with van der Waals surface area (Å²) in [7, 11) is 0. The minimum Gasteiger partial charge on any atom is -0.355 e. The molecule has 21 heavy (non-hydrogen) atoms. The Labute approximate surface area is 133 Å². The first-order chi connectivity index (χ1) is 10.2. The van der Waals surface area contributed by atoms with E-state index in [0.29, 0.717) is 6.42 Å². The molecule has 2 aromatic rings. The summed E-state index contributed by atoms with van der Waals surface area (Å²) >= 11 is 3.48. The molecule has 0 radical (unpaired) electrons. The van der Waals surface area contributed by atoms with Crippen LogP contribution in [-0.2, 0) is 16.6 Å². The van der Waals surface area contributed by atoms with Gasteiger partial charge in [-0.15, -0.1) is 0 Å². The zero-order valence-electron chi connectivity index (χ0n) is 11.8. The second-order valence-electron chi connectivity index (χ2n) is 5.69. The van der Waals surface area contributed by atoms with Gasteiger partial charge in [-0.05, 0) is 30.0 Å². The Balaban J connectivity index is 1.58. The van der Waals surface area contributed by atoms with Crippen molar-refractivity contribution in [3.05, 3.63) is 70.2 Å². The van der Waals surface area contributed by atoms with Gasteiger partial charge in [0.2, 0.25) is 5.91 Å². The van der Waals surface area contributed by atoms with Gasteiger partial charge in [0, 0.05) is 16.4 Å². The third kappa shape index (κ3) is 3.35. The van der Waals surface area contributed by atoms with Crippen LogP contribution in [0.5, 0.6) is 0 Å². The Morgan fingerprint density at radius 3 is 2.38 bits per heavy atom. The van der Waals surface area contributed by atoms with Gasteiger partial charge in [-0.1, -0.05) is 64.5 Å².